The summed E-state index contributed by atoms with van der Waals surface area (Å²) in [5.41, 5.74) is 1.84. The number of aromatic nitrogens is 1. The smallest absolute Gasteiger partial charge is 0.392 e. The molecule has 1 rings (SSSR count). The van der Waals surface area contributed by atoms with Gasteiger partial charge in [-0.2, -0.15) is 12.5 Å². The Morgan fingerprint density at radius 1 is 1.54 bits per heavy atom. The Morgan fingerprint density at radius 3 is 2.77 bits per heavy atom. The summed E-state index contributed by atoms with van der Waals surface area (Å²) in [6, 6.07) is 3.82. The van der Waals surface area contributed by atoms with Crippen molar-refractivity contribution in [2.45, 2.75) is 26.2 Å². The van der Waals surface area contributed by atoms with Crippen LogP contribution in [0.25, 0.3) is 0 Å². The Morgan fingerprint density at radius 2 is 2.31 bits per heavy atom. The second kappa shape index (κ2) is 5.30. The summed E-state index contributed by atoms with van der Waals surface area (Å²) in [6.45, 7) is 2.16. The zero-order valence-corrected chi connectivity index (χ0v) is 8.67. The normalized spacial score (nSPS) is 10.1. The quantitative estimate of drug-likeness (QED) is 0.555. The fraction of sp³-hybridized carbons (Fsp3) is 0.444. The third kappa shape index (κ3) is 3.40. The van der Waals surface area contributed by atoms with Gasteiger partial charge in [0.2, 0.25) is 0 Å². The molecule has 0 atom stereocenters. The first-order chi connectivity index (χ1) is 6.24. The monoisotopic (exact) mass is 195 g/mol. The summed E-state index contributed by atoms with van der Waals surface area (Å²) in [5, 5.41) is 9.11. The van der Waals surface area contributed by atoms with Gasteiger partial charge in [-0.15, -0.1) is 0 Å². The summed E-state index contributed by atoms with van der Waals surface area (Å²) in [5.74, 6) is 0. The lowest BCUT2D eigenvalue weighted by atomic mass is 9.88. The van der Waals surface area contributed by atoms with Gasteiger partial charge in [-0.25, -0.2) is 0 Å². The van der Waals surface area contributed by atoms with Crippen LogP contribution >= 0.6 is 12.5 Å². The predicted octanol–water partition coefficient (Wildman–Crippen LogP) is 1.04. The highest BCUT2D eigenvalue weighted by molar-refractivity contribution is 8.10. The Labute approximate surface area is 84.8 Å². The molecule has 0 saturated carbocycles. The summed E-state index contributed by atoms with van der Waals surface area (Å²) in [4.78, 5) is 4.23. The molecule has 0 aliphatic heterocycles. The summed E-state index contributed by atoms with van der Waals surface area (Å²) in [7, 11) is 0. The van der Waals surface area contributed by atoms with Gasteiger partial charge in [-0.3, -0.25) is 4.98 Å². The Bertz CT molecular complexity index is 250. The van der Waals surface area contributed by atoms with Gasteiger partial charge in [-0.1, -0.05) is 19.4 Å². The van der Waals surface area contributed by atoms with Crippen molar-refractivity contribution in [2.24, 2.45) is 0 Å². The summed E-state index contributed by atoms with van der Waals surface area (Å²) >= 11 is 3.91. The van der Waals surface area contributed by atoms with Gasteiger partial charge in [-0.05, 0) is 24.4 Å². The first kappa shape index (κ1) is 10.6. The van der Waals surface area contributed by atoms with E-state index in [4.69, 9.17) is 5.02 Å². The molecule has 0 radical (unpaired) electrons. The minimum absolute atomic E-state index is 0.715. The van der Waals surface area contributed by atoms with Crippen LogP contribution < -0.4 is 5.46 Å². The molecule has 0 unspecified atom stereocenters. The molecule has 0 saturated heterocycles. The molecule has 0 aliphatic rings. The summed E-state index contributed by atoms with van der Waals surface area (Å²) in [6.07, 6.45) is 4.32. The number of hydrogen-bond acceptors (Lipinski definition) is 3. The number of rotatable bonds is 4. The number of hydrogen-bond donors (Lipinski definition) is 2. The van der Waals surface area contributed by atoms with Crippen LogP contribution in [0.1, 0.15) is 25.5 Å². The average Bonchev–Trinajstić information content (AvgIpc) is 2.15. The van der Waals surface area contributed by atoms with Crippen LogP contribution in [0, 0.1) is 0 Å². The van der Waals surface area contributed by atoms with E-state index >= 15 is 0 Å². The molecule has 0 spiro atoms. The molecule has 70 valence electrons. The lowest BCUT2D eigenvalue weighted by Crippen LogP contribution is -2.24. The minimum Gasteiger partial charge on any atom is -0.438 e. The fourth-order valence-corrected chi connectivity index (χ4v) is 1.25. The van der Waals surface area contributed by atoms with Crippen LogP contribution in [0.15, 0.2) is 18.3 Å². The molecule has 0 aromatic carbocycles. The number of nitrogens with zero attached hydrogens (tertiary/aromatic N) is 1. The lowest BCUT2D eigenvalue weighted by molar-refractivity contribution is 0.609. The molecule has 0 amide bonds. The molecule has 0 fully saturated rings. The van der Waals surface area contributed by atoms with E-state index < -0.39 is 6.19 Å². The molecule has 1 aromatic rings. The van der Waals surface area contributed by atoms with Gasteiger partial charge in [0.25, 0.3) is 0 Å². The van der Waals surface area contributed by atoms with Crippen molar-refractivity contribution < 1.29 is 5.02 Å². The number of unbranched alkanes of at least 4 members (excludes halogenated alkanes) is 1. The van der Waals surface area contributed by atoms with Crippen LogP contribution in [0.3, 0.4) is 0 Å². The van der Waals surface area contributed by atoms with Gasteiger partial charge in [0.05, 0.1) is 0 Å². The fourth-order valence-electron chi connectivity index (χ4n) is 1.09. The predicted molar refractivity (Wildman–Crippen MR) is 59.4 cm³/mol. The number of thiol groups is 1. The second-order valence-corrected chi connectivity index (χ2v) is 3.55. The van der Waals surface area contributed by atoms with E-state index in [-0.39, 0.29) is 0 Å². The third-order valence-electron chi connectivity index (χ3n) is 1.93. The molecular weight excluding hydrogens is 181 g/mol. The zero-order chi connectivity index (χ0) is 9.68. The van der Waals surface area contributed by atoms with Crippen LogP contribution in [0.4, 0.5) is 0 Å². The highest BCUT2D eigenvalue weighted by Gasteiger charge is 2.07. The highest BCUT2D eigenvalue weighted by atomic mass is 32.1. The first-order valence-electron chi connectivity index (χ1n) is 4.55. The topological polar surface area (TPSA) is 33.1 Å². The van der Waals surface area contributed by atoms with E-state index in [2.05, 4.69) is 24.4 Å². The number of pyridine rings is 1. The van der Waals surface area contributed by atoms with E-state index in [1.165, 1.54) is 6.42 Å². The van der Waals surface area contributed by atoms with Gasteiger partial charge < -0.3 is 5.02 Å². The lowest BCUT2D eigenvalue weighted by Gasteiger charge is -2.01. The maximum absolute atomic E-state index is 9.11. The Kier molecular flexibility index (Phi) is 4.32. The average molecular weight is 195 g/mol. The Balaban J connectivity index is 2.59. The van der Waals surface area contributed by atoms with Crippen molar-refractivity contribution in [3.8, 4) is 0 Å². The SMILES string of the molecule is CCCCc1ccc(B(O)S)cn1. The molecule has 1 heterocycles. The minimum atomic E-state index is -0.715. The van der Waals surface area contributed by atoms with Crippen molar-refractivity contribution in [3.63, 3.8) is 0 Å². The van der Waals surface area contributed by atoms with Crippen LogP contribution in [0.5, 0.6) is 0 Å². The maximum atomic E-state index is 9.11. The van der Waals surface area contributed by atoms with Crippen molar-refractivity contribution >= 4 is 24.1 Å². The standard InChI is InChI=1S/C9H14BNOS/c1-2-3-4-9-6-5-8(7-11-9)10(12)13/h5-7,12-13H,2-4H2,1H3. The molecule has 4 heteroatoms. The van der Waals surface area contributed by atoms with Crippen LogP contribution in [-0.4, -0.2) is 16.2 Å². The third-order valence-corrected chi connectivity index (χ3v) is 2.23. The molecule has 0 aliphatic carbocycles. The van der Waals surface area contributed by atoms with Gasteiger partial charge in [0.15, 0.2) is 0 Å². The first-order valence-corrected chi connectivity index (χ1v) is 5.06. The van der Waals surface area contributed by atoms with Gasteiger partial charge >= 0.3 is 6.19 Å². The van der Waals surface area contributed by atoms with Crippen molar-refractivity contribution in [2.75, 3.05) is 0 Å². The molecule has 0 bridgehead atoms. The molecule has 1 aromatic heterocycles. The highest BCUT2D eigenvalue weighted by Crippen LogP contribution is 2.00. The van der Waals surface area contributed by atoms with Gasteiger partial charge in [0, 0.05) is 11.9 Å². The number of aryl methyl sites for hydroxylation is 1. The van der Waals surface area contributed by atoms with Crippen molar-refractivity contribution in [1.82, 2.24) is 4.98 Å². The summed E-state index contributed by atoms with van der Waals surface area (Å²) < 4.78 is 0. The van der Waals surface area contributed by atoms with E-state index in [0.29, 0.717) is 0 Å². The zero-order valence-electron chi connectivity index (χ0n) is 7.77. The van der Waals surface area contributed by atoms with E-state index in [9.17, 15) is 0 Å². The van der Waals surface area contributed by atoms with Gasteiger partial charge in [0.1, 0.15) is 0 Å². The van der Waals surface area contributed by atoms with E-state index in [1.807, 2.05) is 12.1 Å². The molecule has 1 N–H and O–H groups in total. The van der Waals surface area contributed by atoms with E-state index in [1.54, 1.807) is 6.20 Å². The van der Waals surface area contributed by atoms with Crippen LogP contribution in [-0.2, 0) is 6.42 Å². The van der Waals surface area contributed by atoms with E-state index in [0.717, 1.165) is 24.0 Å². The second-order valence-electron chi connectivity index (χ2n) is 3.06. The largest absolute Gasteiger partial charge is 0.438 e. The Hall–Kier alpha value is -0.475. The van der Waals surface area contributed by atoms with Crippen molar-refractivity contribution in [1.29, 1.82) is 0 Å². The van der Waals surface area contributed by atoms with Crippen molar-refractivity contribution in [3.05, 3.63) is 24.0 Å². The molecular formula is C9H14BNOS. The molecule has 2 nitrogen and oxygen atoms in total. The maximum Gasteiger partial charge on any atom is 0.392 e. The van der Waals surface area contributed by atoms with Crippen LogP contribution in [0.2, 0.25) is 0 Å². The molecule has 13 heavy (non-hydrogen) atoms.